The van der Waals surface area contributed by atoms with Gasteiger partial charge in [-0.1, -0.05) is 27.5 Å². The normalized spacial score (nSPS) is 11.6. The highest BCUT2D eigenvalue weighted by Gasteiger charge is 2.23. The summed E-state index contributed by atoms with van der Waals surface area (Å²) in [6.45, 7) is 1.93. The van der Waals surface area contributed by atoms with Gasteiger partial charge >= 0.3 is 0 Å². The van der Waals surface area contributed by atoms with E-state index in [1.54, 1.807) is 30.5 Å². The second kappa shape index (κ2) is 6.03. The molecule has 0 fully saturated rings. The van der Waals surface area contributed by atoms with Gasteiger partial charge in [0.25, 0.3) is 10.0 Å². The van der Waals surface area contributed by atoms with E-state index >= 15 is 0 Å². The fourth-order valence-corrected chi connectivity index (χ4v) is 5.32. The molecule has 20 heavy (non-hydrogen) atoms. The lowest BCUT2D eigenvalue weighted by Gasteiger charge is -2.11. The van der Waals surface area contributed by atoms with Crippen LogP contribution in [0.5, 0.6) is 0 Å². The number of benzene rings is 1. The van der Waals surface area contributed by atoms with Crippen molar-refractivity contribution >= 4 is 54.6 Å². The molecule has 0 saturated carbocycles. The average molecular weight is 396 g/mol. The zero-order valence-corrected chi connectivity index (χ0v) is 14.5. The lowest BCUT2D eigenvalue weighted by atomic mass is 10.3. The highest BCUT2D eigenvalue weighted by atomic mass is 79.9. The molecule has 1 heterocycles. The van der Waals surface area contributed by atoms with Gasteiger partial charge in [-0.15, -0.1) is 11.3 Å². The van der Waals surface area contributed by atoms with Crippen molar-refractivity contribution in [1.82, 2.24) is 0 Å². The van der Waals surface area contributed by atoms with Crippen LogP contribution in [0.2, 0.25) is 5.02 Å². The van der Waals surface area contributed by atoms with Gasteiger partial charge in [-0.2, -0.15) is 0 Å². The Hall–Kier alpha value is -0.600. The van der Waals surface area contributed by atoms with E-state index in [1.807, 2.05) is 0 Å². The summed E-state index contributed by atoms with van der Waals surface area (Å²) in [5.41, 5.74) is 6.60. The van der Waals surface area contributed by atoms with Gasteiger partial charge in [-0.25, -0.2) is 8.42 Å². The van der Waals surface area contributed by atoms with Crippen LogP contribution >= 0.6 is 38.9 Å². The Labute approximate surface area is 135 Å². The van der Waals surface area contributed by atoms with E-state index in [4.69, 9.17) is 17.3 Å². The first-order valence-electron chi connectivity index (χ1n) is 5.60. The predicted octanol–water partition coefficient (Wildman–Crippen LogP) is 3.73. The van der Waals surface area contributed by atoms with Crippen LogP contribution in [0.15, 0.2) is 32.9 Å². The van der Waals surface area contributed by atoms with E-state index in [0.29, 0.717) is 21.2 Å². The van der Waals surface area contributed by atoms with Crippen LogP contribution in [-0.4, -0.2) is 8.42 Å². The van der Waals surface area contributed by atoms with Crippen molar-refractivity contribution in [2.24, 2.45) is 5.73 Å². The molecule has 3 N–H and O–H groups in total. The van der Waals surface area contributed by atoms with Gasteiger partial charge < -0.3 is 5.73 Å². The number of thiophene rings is 1. The average Bonchev–Trinajstić information content (AvgIpc) is 2.75. The van der Waals surface area contributed by atoms with Crippen LogP contribution in [0.25, 0.3) is 0 Å². The second-order valence-electron chi connectivity index (χ2n) is 4.10. The molecule has 0 aliphatic heterocycles. The number of rotatable bonds is 4. The smallest absolute Gasteiger partial charge is 0.263 e. The van der Waals surface area contributed by atoms with Gasteiger partial charge in [0.15, 0.2) is 0 Å². The number of nitrogens with two attached hydrogens (primary N) is 1. The summed E-state index contributed by atoms with van der Waals surface area (Å²) in [6.07, 6.45) is 0. The van der Waals surface area contributed by atoms with Crippen molar-refractivity contribution in [3.05, 3.63) is 43.5 Å². The van der Waals surface area contributed by atoms with Crippen LogP contribution in [0.1, 0.15) is 10.4 Å². The molecule has 108 valence electrons. The van der Waals surface area contributed by atoms with E-state index < -0.39 is 10.0 Å². The molecule has 0 bridgehead atoms. The van der Waals surface area contributed by atoms with E-state index in [0.717, 1.165) is 4.47 Å². The minimum absolute atomic E-state index is 0.183. The largest absolute Gasteiger partial charge is 0.326 e. The Morgan fingerprint density at radius 2 is 2.15 bits per heavy atom. The number of halogens is 2. The Morgan fingerprint density at radius 3 is 2.75 bits per heavy atom. The molecule has 1 aromatic carbocycles. The van der Waals surface area contributed by atoms with Gasteiger partial charge in [-0.05, 0) is 36.1 Å². The topological polar surface area (TPSA) is 72.2 Å². The predicted molar refractivity (Wildman–Crippen MR) is 86.9 cm³/mol. The molecule has 2 rings (SSSR count). The van der Waals surface area contributed by atoms with Crippen molar-refractivity contribution in [2.75, 3.05) is 4.72 Å². The van der Waals surface area contributed by atoms with E-state index in [1.165, 1.54) is 11.3 Å². The van der Waals surface area contributed by atoms with Gasteiger partial charge in [-0.3, -0.25) is 4.72 Å². The van der Waals surface area contributed by atoms with Crippen molar-refractivity contribution in [2.45, 2.75) is 18.4 Å². The van der Waals surface area contributed by atoms with Crippen LogP contribution in [-0.2, 0) is 16.6 Å². The summed E-state index contributed by atoms with van der Waals surface area (Å²) in [6, 6.07) is 4.95. The highest BCUT2D eigenvalue weighted by molar-refractivity contribution is 9.10. The zero-order valence-electron chi connectivity index (χ0n) is 10.5. The summed E-state index contributed by atoms with van der Waals surface area (Å²) in [7, 11) is -3.70. The van der Waals surface area contributed by atoms with Crippen LogP contribution < -0.4 is 10.5 Å². The molecule has 0 aliphatic rings. The number of aryl methyl sites for hydroxylation is 1. The lowest BCUT2D eigenvalue weighted by Crippen LogP contribution is -2.16. The molecule has 0 spiro atoms. The first-order valence-corrected chi connectivity index (χ1v) is 9.13. The third-order valence-corrected chi connectivity index (χ3v) is 6.28. The van der Waals surface area contributed by atoms with Crippen molar-refractivity contribution in [3.63, 3.8) is 0 Å². The number of hydrogen-bond acceptors (Lipinski definition) is 4. The van der Waals surface area contributed by atoms with Crippen molar-refractivity contribution in [3.8, 4) is 0 Å². The summed E-state index contributed by atoms with van der Waals surface area (Å²) < 4.78 is 28.2. The molecule has 0 aliphatic carbocycles. The Kier molecular flexibility index (Phi) is 4.76. The fourth-order valence-electron chi connectivity index (χ4n) is 1.76. The Morgan fingerprint density at radius 1 is 1.45 bits per heavy atom. The zero-order chi connectivity index (χ0) is 14.9. The highest BCUT2D eigenvalue weighted by Crippen LogP contribution is 2.31. The molecule has 0 unspecified atom stereocenters. The third kappa shape index (κ3) is 3.17. The first kappa shape index (κ1) is 15.8. The molecule has 0 radical (unpaired) electrons. The maximum absolute atomic E-state index is 12.5. The molecule has 0 atom stereocenters. The number of sulfonamides is 1. The minimum atomic E-state index is -3.70. The second-order valence-corrected chi connectivity index (χ2v) is 8.01. The third-order valence-electron chi connectivity index (χ3n) is 2.62. The van der Waals surface area contributed by atoms with Crippen LogP contribution in [0.4, 0.5) is 5.69 Å². The van der Waals surface area contributed by atoms with Gasteiger partial charge in [0.1, 0.15) is 4.90 Å². The Balaban J connectivity index is 2.43. The summed E-state index contributed by atoms with van der Waals surface area (Å²) >= 11 is 10.6. The van der Waals surface area contributed by atoms with Crippen LogP contribution in [0.3, 0.4) is 0 Å². The molecule has 4 nitrogen and oxygen atoms in total. The number of anilines is 1. The fraction of sp³-hybridized carbons (Fsp3) is 0.167. The van der Waals surface area contributed by atoms with E-state index in [9.17, 15) is 8.42 Å². The van der Waals surface area contributed by atoms with Gasteiger partial charge in [0, 0.05) is 15.9 Å². The Bertz CT molecular complexity index is 744. The molecular formula is C12H12BrClN2O2S2. The van der Waals surface area contributed by atoms with E-state index in [-0.39, 0.29) is 11.4 Å². The molecule has 2 aromatic rings. The monoisotopic (exact) mass is 394 g/mol. The van der Waals surface area contributed by atoms with Crippen molar-refractivity contribution in [1.29, 1.82) is 0 Å². The van der Waals surface area contributed by atoms with Crippen molar-refractivity contribution < 1.29 is 8.42 Å². The SMILES string of the molecule is Cc1csc(CN)c1S(=O)(=O)Nc1ccc(Br)cc1Cl. The number of nitrogens with one attached hydrogen (secondary N) is 1. The maximum Gasteiger partial charge on any atom is 0.263 e. The standard InChI is InChI=1S/C12H12BrClN2O2S2/c1-7-6-19-11(5-15)12(7)20(17,18)16-10-3-2-8(13)4-9(10)14/h2-4,6,16H,5,15H2,1H3. The lowest BCUT2D eigenvalue weighted by molar-refractivity contribution is 0.600. The molecule has 8 heteroatoms. The first-order chi connectivity index (χ1) is 9.35. The quantitative estimate of drug-likeness (QED) is 0.828. The summed E-state index contributed by atoms with van der Waals surface area (Å²) in [5.74, 6) is 0. The summed E-state index contributed by atoms with van der Waals surface area (Å²) in [4.78, 5) is 0.868. The minimum Gasteiger partial charge on any atom is -0.326 e. The van der Waals surface area contributed by atoms with Crippen LogP contribution in [0, 0.1) is 6.92 Å². The van der Waals surface area contributed by atoms with Gasteiger partial charge in [0.05, 0.1) is 10.7 Å². The van der Waals surface area contributed by atoms with E-state index in [2.05, 4.69) is 20.7 Å². The van der Waals surface area contributed by atoms with Gasteiger partial charge in [0.2, 0.25) is 0 Å². The maximum atomic E-state index is 12.5. The molecule has 0 amide bonds. The number of hydrogen-bond donors (Lipinski definition) is 2. The molecule has 0 saturated heterocycles. The molecule has 1 aromatic heterocycles. The summed E-state index contributed by atoms with van der Waals surface area (Å²) in [5, 5.41) is 2.10. The molecular weight excluding hydrogens is 384 g/mol.